The average molecular weight is 213 g/mol. The fraction of sp³-hybridized carbons (Fsp3) is 0.556. The van der Waals surface area contributed by atoms with Crippen LogP contribution in [0.2, 0.25) is 6.04 Å². The van der Waals surface area contributed by atoms with Crippen molar-refractivity contribution in [2.24, 2.45) is 0 Å². The molecule has 1 aliphatic heterocycles. The Morgan fingerprint density at radius 3 is 2.57 bits per heavy atom. The first-order valence-electron chi connectivity index (χ1n) is 4.87. The molecule has 0 aromatic carbocycles. The Balaban J connectivity index is 2.13. The second kappa shape index (κ2) is 5.72. The molecule has 0 atom stereocenters. The van der Waals surface area contributed by atoms with Crippen molar-refractivity contribution < 1.29 is 14.0 Å². The molecule has 0 fully saturated rings. The highest BCUT2D eigenvalue weighted by atomic mass is 28.2. The van der Waals surface area contributed by atoms with Crippen LogP contribution in [0.3, 0.4) is 0 Å². The molecule has 0 saturated heterocycles. The Morgan fingerprint density at radius 1 is 1.36 bits per heavy atom. The van der Waals surface area contributed by atoms with Gasteiger partial charge >= 0.3 is 0 Å². The van der Waals surface area contributed by atoms with Gasteiger partial charge in [0.15, 0.2) is 9.76 Å². The lowest BCUT2D eigenvalue weighted by Crippen LogP contribution is -2.31. The summed E-state index contributed by atoms with van der Waals surface area (Å²) in [4.78, 5) is 23.5. The van der Waals surface area contributed by atoms with Gasteiger partial charge in [-0.25, -0.2) is 0 Å². The van der Waals surface area contributed by atoms with Crippen LogP contribution in [0.1, 0.15) is 13.3 Å². The zero-order valence-electron chi connectivity index (χ0n) is 8.36. The SMILES string of the molecule is CCO[SiH2]CCCN1C(=O)C=CC1=O. The lowest BCUT2D eigenvalue weighted by molar-refractivity contribution is -0.136. The first-order chi connectivity index (χ1) is 6.75. The molecule has 0 saturated carbocycles. The maximum atomic E-state index is 11.1. The summed E-state index contributed by atoms with van der Waals surface area (Å²) < 4.78 is 5.29. The van der Waals surface area contributed by atoms with E-state index in [1.807, 2.05) is 6.92 Å². The van der Waals surface area contributed by atoms with Gasteiger partial charge in [-0.05, 0) is 19.4 Å². The van der Waals surface area contributed by atoms with E-state index in [9.17, 15) is 9.59 Å². The largest absolute Gasteiger partial charge is 0.424 e. The molecule has 1 heterocycles. The minimum absolute atomic E-state index is 0.187. The number of carbonyl (C=O) groups excluding carboxylic acids is 2. The molecule has 0 N–H and O–H groups in total. The van der Waals surface area contributed by atoms with Crippen LogP contribution in [0, 0.1) is 0 Å². The summed E-state index contributed by atoms with van der Waals surface area (Å²) in [5.74, 6) is -0.374. The molecule has 0 radical (unpaired) electrons. The number of amides is 2. The zero-order chi connectivity index (χ0) is 10.4. The van der Waals surface area contributed by atoms with Gasteiger partial charge in [-0.15, -0.1) is 0 Å². The smallest absolute Gasteiger partial charge is 0.253 e. The number of nitrogens with zero attached hydrogens (tertiary/aromatic N) is 1. The van der Waals surface area contributed by atoms with E-state index < -0.39 is 9.76 Å². The van der Waals surface area contributed by atoms with E-state index in [0.29, 0.717) is 6.54 Å². The van der Waals surface area contributed by atoms with Gasteiger partial charge in [0, 0.05) is 25.3 Å². The summed E-state index contributed by atoms with van der Waals surface area (Å²) in [7, 11) is -0.430. The normalized spacial score (nSPS) is 16.5. The highest BCUT2D eigenvalue weighted by molar-refractivity contribution is 6.27. The molecule has 2 amide bonds. The van der Waals surface area contributed by atoms with Crippen LogP contribution >= 0.6 is 0 Å². The molecule has 5 heteroatoms. The molecule has 78 valence electrons. The van der Waals surface area contributed by atoms with E-state index in [1.54, 1.807) is 0 Å². The van der Waals surface area contributed by atoms with Crippen molar-refractivity contribution in [2.75, 3.05) is 13.2 Å². The molecule has 0 aliphatic carbocycles. The maximum absolute atomic E-state index is 11.1. The van der Waals surface area contributed by atoms with Crippen LogP contribution in [-0.2, 0) is 14.0 Å². The van der Waals surface area contributed by atoms with Crippen molar-refractivity contribution in [3.05, 3.63) is 12.2 Å². The number of imide groups is 1. The van der Waals surface area contributed by atoms with Crippen LogP contribution in [-0.4, -0.2) is 39.6 Å². The molecule has 0 unspecified atom stereocenters. The van der Waals surface area contributed by atoms with Crippen molar-refractivity contribution in [1.29, 1.82) is 0 Å². The topological polar surface area (TPSA) is 46.6 Å². The molecular formula is C9H15NO3Si. The van der Waals surface area contributed by atoms with Crippen LogP contribution < -0.4 is 0 Å². The van der Waals surface area contributed by atoms with Crippen LogP contribution in [0.4, 0.5) is 0 Å². The fourth-order valence-electron chi connectivity index (χ4n) is 1.27. The second-order valence-corrected chi connectivity index (χ2v) is 4.59. The second-order valence-electron chi connectivity index (χ2n) is 3.07. The fourth-order valence-corrected chi connectivity index (χ4v) is 2.19. The third-order valence-corrected chi connectivity index (χ3v) is 3.51. The predicted octanol–water partition coefficient (Wildman–Crippen LogP) is -0.160. The van der Waals surface area contributed by atoms with Crippen molar-refractivity contribution in [3.63, 3.8) is 0 Å². The monoisotopic (exact) mass is 213 g/mol. The summed E-state index contributed by atoms with van der Waals surface area (Å²) in [6.45, 7) is 3.28. The molecular weight excluding hydrogens is 198 g/mol. The summed E-state index contributed by atoms with van der Waals surface area (Å²) in [6, 6.07) is 1.02. The van der Waals surface area contributed by atoms with Crippen molar-refractivity contribution in [2.45, 2.75) is 19.4 Å². The Morgan fingerprint density at radius 2 is 2.00 bits per heavy atom. The van der Waals surface area contributed by atoms with Gasteiger partial charge in [-0.3, -0.25) is 14.5 Å². The van der Waals surface area contributed by atoms with Gasteiger partial charge in [0.05, 0.1) is 0 Å². The first-order valence-corrected chi connectivity index (χ1v) is 6.44. The van der Waals surface area contributed by atoms with E-state index in [2.05, 4.69) is 0 Å². The highest BCUT2D eigenvalue weighted by Crippen LogP contribution is 2.05. The summed E-state index contributed by atoms with van der Waals surface area (Å²) in [6.07, 6.45) is 3.51. The minimum Gasteiger partial charge on any atom is -0.424 e. The summed E-state index contributed by atoms with van der Waals surface area (Å²) >= 11 is 0. The molecule has 0 aromatic rings. The standard InChI is InChI=1S/C9H15NO3Si/c1-2-13-14-7-3-6-10-8(11)4-5-9(10)12/h4-5H,2-3,6-7,14H2,1H3. The van der Waals surface area contributed by atoms with E-state index in [1.165, 1.54) is 17.1 Å². The Kier molecular flexibility index (Phi) is 4.55. The molecule has 4 nitrogen and oxygen atoms in total. The van der Waals surface area contributed by atoms with Crippen LogP contribution in [0.25, 0.3) is 0 Å². The van der Waals surface area contributed by atoms with Gasteiger partial charge in [-0.2, -0.15) is 0 Å². The maximum Gasteiger partial charge on any atom is 0.253 e. The summed E-state index contributed by atoms with van der Waals surface area (Å²) in [5.41, 5.74) is 0. The van der Waals surface area contributed by atoms with E-state index in [0.717, 1.165) is 19.1 Å². The molecule has 0 spiro atoms. The van der Waals surface area contributed by atoms with E-state index >= 15 is 0 Å². The first kappa shape index (κ1) is 11.1. The van der Waals surface area contributed by atoms with Gasteiger partial charge in [0.1, 0.15) is 0 Å². The summed E-state index contributed by atoms with van der Waals surface area (Å²) in [5, 5.41) is 0. The minimum atomic E-state index is -0.430. The Hall–Kier alpha value is -0.943. The third-order valence-electron chi connectivity index (χ3n) is 2.03. The van der Waals surface area contributed by atoms with Crippen LogP contribution in [0.15, 0.2) is 12.2 Å². The lowest BCUT2D eigenvalue weighted by Gasteiger charge is -2.12. The van der Waals surface area contributed by atoms with Crippen molar-refractivity contribution in [3.8, 4) is 0 Å². The highest BCUT2D eigenvalue weighted by Gasteiger charge is 2.21. The van der Waals surface area contributed by atoms with Gasteiger partial charge in [0.25, 0.3) is 11.8 Å². The molecule has 14 heavy (non-hydrogen) atoms. The van der Waals surface area contributed by atoms with Crippen LogP contribution in [0.5, 0.6) is 0 Å². The number of carbonyl (C=O) groups is 2. The van der Waals surface area contributed by atoms with Crippen molar-refractivity contribution >= 4 is 21.6 Å². The van der Waals surface area contributed by atoms with Crippen molar-refractivity contribution in [1.82, 2.24) is 4.90 Å². The molecule has 0 aromatic heterocycles. The lowest BCUT2D eigenvalue weighted by atomic mass is 10.4. The molecule has 0 bridgehead atoms. The predicted molar refractivity (Wildman–Crippen MR) is 55.5 cm³/mol. The Labute approximate surface area is 85.9 Å². The van der Waals surface area contributed by atoms with E-state index in [-0.39, 0.29) is 11.8 Å². The molecule has 1 aliphatic rings. The Bertz CT molecular complexity index is 234. The third kappa shape index (κ3) is 3.08. The van der Waals surface area contributed by atoms with Gasteiger partial charge in [-0.1, -0.05) is 0 Å². The number of hydrogen-bond donors (Lipinski definition) is 0. The quantitative estimate of drug-likeness (QED) is 0.350. The molecule has 1 rings (SSSR count). The average Bonchev–Trinajstić information content (AvgIpc) is 2.48. The van der Waals surface area contributed by atoms with Gasteiger partial charge in [0.2, 0.25) is 0 Å². The van der Waals surface area contributed by atoms with E-state index in [4.69, 9.17) is 4.43 Å². The number of rotatable bonds is 6. The van der Waals surface area contributed by atoms with Gasteiger partial charge < -0.3 is 4.43 Å². The number of hydrogen-bond acceptors (Lipinski definition) is 3. The zero-order valence-corrected chi connectivity index (χ0v) is 9.78.